The molecule has 0 radical (unpaired) electrons. The van der Waals surface area contributed by atoms with Crippen LogP contribution in [0.5, 0.6) is 0 Å². The van der Waals surface area contributed by atoms with Crippen LogP contribution in [-0.2, 0) is 9.31 Å². The minimum atomic E-state index is -0.517. The maximum Gasteiger partial charge on any atom is 0.516 e. The van der Waals surface area contributed by atoms with Crippen molar-refractivity contribution in [1.82, 2.24) is 9.55 Å². The van der Waals surface area contributed by atoms with Crippen LogP contribution >= 0.6 is 15.9 Å². The number of aromatic nitrogens is 2. The van der Waals surface area contributed by atoms with Crippen LogP contribution < -0.4 is 5.59 Å². The predicted octanol–water partition coefficient (Wildman–Crippen LogP) is 2.81. The van der Waals surface area contributed by atoms with Crippen LogP contribution in [0.4, 0.5) is 0 Å². The Morgan fingerprint density at radius 1 is 1.22 bits per heavy atom. The van der Waals surface area contributed by atoms with Crippen LogP contribution in [0.3, 0.4) is 0 Å². The summed E-state index contributed by atoms with van der Waals surface area (Å²) in [6.07, 6.45) is 1.86. The van der Waals surface area contributed by atoms with Crippen LogP contribution in [-0.4, -0.2) is 27.9 Å². The molecule has 1 aromatic carbocycles. The predicted molar refractivity (Wildman–Crippen MR) is 91.7 cm³/mol. The Hall–Kier alpha value is -1.62. The fourth-order valence-corrected chi connectivity index (χ4v) is 2.87. The minimum absolute atomic E-state index is 0.408. The second-order valence-electron chi connectivity index (χ2n) is 6.56. The molecule has 0 saturated carbocycles. The highest BCUT2D eigenvalue weighted by atomic mass is 79.9. The number of imidazole rings is 1. The highest BCUT2D eigenvalue weighted by molar-refractivity contribution is 9.10. The fourth-order valence-electron chi connectivity index (χ4n) is 2.36. The summed E-state index contributed by atoms with van der Waals surface area (Å²) in [5, 5.41) is 9.04. The number of hydrogen-bond acceptors (Lipinski definition) is 4. The first-order chi connectivity index (χ1) is 10.7. The number of halogens is 1. The molecule has 0 amide bonds. The normalized spacial score (nSPS) is 18.9. The summed E-state index contributed by atoms with van der Waals surface area (Å²) in [7, 11) is -0.517. The van der Waals surface area contributed by atoms with Crippen LogP contribution in [0.25, 0.3) is 5.69 Å². The number of hydrogen-bond donors (Lipinski definition) is 0. The molecule has 2 aromatic rings. The number of nitrogens with zero attached hydrogens (tertiary/aromatic N) is 3. The maximum absolute atomic E-state index is 9.04. The van der Waals surface area contributed by atoms with Gasteiger partial charge >= 0.3 is 7.12 Å². The Balaban J connectivity index is 1.95. The Morgan fingerprint density at radius 3 is 2.48 bits per heavy atom. The summed E-state index contributed by atoms with van der Waals surface area (Å²) in [6, 6.07) is 9.47. The van der Waals surface area contributed by atoms with E-state index in [9.17, 15) is 0 Å². The molecule has 1 fully saturated rings. The van der Waals surface area contributed by atoms with E-state index in [0.29, 0.717) is 15.9 Å². The largest absolute Gasteiger partial charge is 0.516 e. The van der Waals surface area contributed by atoms with Crippen molar-refractivity contribution < 1.29 is 9.31 Å². The van der Waals surface area contributed by atoms with E-state index in [1.54, 1.807) is 12.1 Å². The lowest BCUT2D eigenvalue weighted by atomic mass is 9.86. The Kier molecular flexibility index (Phi) is 3.87. The lowest BCUT2D eigenvalue weighted by molar-refractivity contribution is 0.00578. The molecule has 7 heteroatoms. The Bertz CT molecular complexity index is 779. The summed E-state index contributed by atoms with van der Waals surface area (Å²) in [4.78, 5) is 4.50. The average Bonchev–Trinajstić information content (AvgIpc) is 2.97. The first-order valence-electron chi connectivity index (χ1n) is 7.34. The lowest BCUT2D eigenvalue weighted by Crippen LogP contribution is -2.41. The molecular weight excluding hydrogens is 357 g/mol. The van der Waals surface area contributed by atoms with Crippen LogP contribution in [0, 0.1) is 11.3 Å². The molecule has 1 aromatic heterocycles. The molecule has 1 saturated heterocycles. The van der Waals surface area contributed by atoms with Gasteiger partial charge in [-0.25, -0.2) is 4.98 Å². The van der Waals surface area contributed by atoms with Gasteiger partial charge in [0.1, 0.15) is 0 Å². The standard InChI is InChI=1S/C16H17BBrN3O2/c1-15(2)16(3,4)23-17(22-15)13-10-21(14(18)20-13)12-7-5-6-11(8-12)9-19/h5-8,10H,1-4H3. The van der Waals surface area contributed by atoms with Crippen molar-refractivity contribution in [1.29, 1.82) is 5.26 Å². The topological polar surface area (TPSA) is 60.1 Å². The zero-order chi connectivity index (χ0) is 16.8. The second kappa shape index (κ2) is 5.48. The van der Waals surface area contributed by atoms with Crippen molar-refractivity contribution in [3.63, 3.8) is 0 Å². The van der Waals surface area contributed by atoms with Crippen LogP contribution in [0.2, 0.25) is 0 Å². The SMILES string of the molecule is CC1(C)OB(c2cn(-c3cccc(C#N)c3)c(Br)n2)OC1(C)C. The van der Waals surface area contributed by atoms with Gasteiger partial charge in [0.2, 0.25) is 0 Å². The number of nitriles is 1. The van der Waals surface area contributed by atoms with E-state index in [0.717, 1.165) is 5.69 Å². The highest BCUT2D eigenvalue weighted by Gasteiger charge is 2.52. The van der Waals surface area contributed by atoms with E-state index in [4.69, 9.17) is 14.6 Å². The molecule has 0 unspecified atom stereocenters. The molecule has 0 N–H and O–H groups in total. The van der Waals surface area contributed by atoms with Gasteiger partial charge in [0, 0.05) is 11.9 Å². The zero-order valence-electron chi connectivity index (χ0n) is 13.5. The number of benzene rings is 1. The van der Waals surface area contributed by atoms with Crippen molar-refractivity contribution in [2.45, 2.75) is 38.9 Å². The molecule has 2 heterocycles. The zero-order valence-corrected chi connectivity index (χ0v) is 15.1. The molecule has 1 aliphatic heterocycles. The van der Waals surface area contributed by atoms with Gasteiger partial charge in [-0.2, -0.15) is 5.26 Å². The molecule has 5 nitrogen and oxygen atoms in total. The second-order valence-corrected chi connectivity index (χ2v) is 7.26. The first-order valence-corrected chi connectivity index (χ1v) is 8.14. The summed E-state index contributed by atoms with van der Waals surface area (Å²) < 4.78 is 14.6. The van der Waals surface area contributed by atoms with Crippen molar-refractivity contribution in [2.75, 3.05) is 0 Å². The Labute approximate surface area is 144 Å². The molecule has 23 heavy (non-hydrogen) atoms. The summed E-state index contributed by atoms with van der Waals surface area (Å²) in [5.74, 6) is 0. The Morgan fingerprint density at radius 2 is 1.87 bits per heavy atom. The smallest absolute Gasteiger partial charge is 0.398 e. The van der Waals surface area contributed by atoms with Crippen molar-refractivity contribution in [3.8, 4) is 11.8 Å². The molecular formula is C16H17BBrN3O2. The third-order valence-electron chi connectivity index (χ3n) is 4.43. The number of rotatable bonds is 2. The lowest BCUT2D eigenvalue weighted by Gasteiger charge is -2.32. The highest BCUT2D eigenvalue weighted by Crippen LogP contribution is 2.36. The minimum Gasteiger partial charge on any atom is -0.398 e. The molecule has 0 aliphatic carbocycles. The quantitative estimate of drug-likeness (QED) is 0.759. The molecule has 0 atom stereocenters. The van der Waals surface area contributed by atoms with Crippen molar-refractivity contribution >= 4 is 28.6 Å². The van der Waals surface area contributed by atoms with E-state index < -0.39 is 18.3 Å². The van der Waals surface area contributed by atoms with Gasteiger partial charge in [0.25, 0.3) is 0 Å². The van der Waals surface area contributed by atoms with Gasteiger partial charge in [-0.3, -0.25) is 4.57 Å². The van der Waals surface area contributed by atoms with Gasteiger partial charge < -0.3 is 9.31 Å². The van der Waals surface area contributed by atoms with Crippen LogP contribution in [0.15, 0.2) is 35.2 Å². The van der Waals surface area contributed by atoms with Crippen LogP contribution in [0.1, 0.15) is 33.3 Å². The van der Waals surface area contributed by atoms with Gasteiger partial charge in [0.05, 0.1) is 28.4 Å². The average molecular weight is 374 g/mol. The summed E-state index contributed by atoms with van der Waals surface area (Å²) in [6.45, 7) is 8.04. The maximum atomic E-state index is 9.04. The molecule has 118 valence electrons. The molecule has 0 bridgehead atoms. The van der Waals surface area contributed by atoms with Gasteiger partial charge in [-0.05, 0) is 61.8 Å². The fraction of sp³-hybridized carbons (Fsp3) is 0.375. The third kappa shape index (κ3) is 2.83. The monoisotopic (exact) mass is 373 g/mol. The van der Waals surface area contributed by atoms with E-state index in [2.05, 4.69) is 27.0 Å². The molecule has 0 spiro atoms. The van der Waals surface area contributed by atoms with E-state index in [-0.39, 0.29) is 0 Å². The summed E-state index contributed by atoms with van der Waals surface area (Å²) >= 11 is 3.46. The van der Waals surface area contributed by atoms with Gasteiger partial charge in [0.15, 0.2) is 4.73 Å². The van der Waals surface area contributed by atoms with Crippen molar-refractivity contribution in [3.05, 3.63) is 40.8 Å². The third-order valence-corrected chi connectivity index (χ3v) is 4.99. The van der Waals surface area contributed by atoms with E-state index >= 15 is 0 Å². The van der Waals surface area contributed by atoms with Gasteiger partial charge in [-0.1, -0.05) is 6.07 Å². The molecule has 3 rings (SSSR count). The first kappa shape index (κ1) is 16.3. The van der Waals surface area contributed by atoms with Crippen molar-refractivity contribution in [2.24, 2.45) is 0 Å². The summed E-state index contributed by atoms with van der Waals surface area (Å²) in [5.41, 5.74) is 1.33. The van der Waals surface area contributed by atoms with E-state index in [1.165, 1.54) is 0 Å². The molecule has 1 aliphatic rings. The van der Waals surface area contributed by atoms with Gasteiger partial charge in [-0.15, -0.1) is 0 Å². The van der Waals surface area contributed by atoms with E-state index in [1.807, 2.05) is 50.6 Å².